The smallest absolute Gasteiger partial charge is 0.125 e. The summed E-state index contributed by atoms with van der Waals surface area (Å²) in [7, 11) is 0. The SMILES string of the molecule is CC1CC(n2c(CCl)nc3ccccc32)C1. The van der Waals surface area contributed by atoms with E-state index < -0.39 is 0 Å². The van der Waals surface area contributed by atoms with Crippen molar-refractivity contribution in [3.8, 4) is 0 Å². The van der Waals surface area contributed by atoms with E-state index in [4.69, 9.17) is 11.6 Å². The maximum absolute atomic E-state index is 5.98. The number of rotatable bonds is 2. The highest BCUT2D eigenvalue weighted by atomic mass is 35.5. The maximum atomic E-state index is 5.98. The van der Waals surface area contributed by atoms with E-state index in [1.54, 1.807) is 0 Å². The number of hydrogen-bond donors (Lipinski definition) is 0. The summed E-state index contributed by atoms with van der Waals surface area (Å²) in [4.78, 5) is 4.59. The van der Waals surface area contributed by atoms with Gasteiger partial charge >= 0.3 is 0 Å². The lowest BCUT2D eigenvalue weighted by Crippen LogP contribution is -2.25. The number of benzene rings is 1. The van der Waals surface area contributed by atoms with Gasteiger partial charge in [-0.1, -0.05) is 19.1 Å². The fraction of sp³-hybridized carbons (Fsp3) is 0.462. The summed E-state index contributed by atoms with van der Waals surface area (Å²) in [6.07, 6.45) is 2.51. The van der Waals surface area contributed by atoms with Crippen molar-refractivity contribution in [3.05, 3.63) is 30.1 Å². The Morgan fingerprint density at radius 1 is 1.38 bits per heavy atom. The highest BCUT2D eigenvalue weighted by Gasteiger charge is 2.29. The monoisotopic (exact) mass is 234 g/mol. The van der Waals surface area contributed by atoms with Crippen LogP contribution in [0.5, 0.6) is 0 Å². The largest absolute Gasteiger partial charge is 0.324 e. The van der Waals surface area contributed by atoms with Crippen molar-refractivity contribution in [1.29, 1.82) is 0 Å². The molecule has 0 amide bonds. The Balaban J connectivity index is 2.12. The van der Waals surface area contributed by atoms with Gasteiger partial charge in [-0.15, -0.1) is 11.6 Å². The van der Waals surface area contributed by atoms with E-state index in [-0.39, 0.29) is 0 Å². The number of nitrogens with zero attached hydrogens (tertiary/aromatic N) is 2. The molecule has 0 N–H and O–H groups in total. The Hall–Kier alpha value is -1.02. The van der Waals surface area contributed by atoms with E-state index in [1.807, 2.05) is 6.07 Å². The van der Waals surface area contributed by atoms with E-state index >= 15 is 0 Å². The quantitative estimate of drug-likeness (QED) is 0.724. The molecule has 3 rings (SSSR count). The number of hydrogen-bond acceptors (Lipinski definition) is 1. The van der Waals surface area contributed by atoms with E-state index in [9.17, 15) is 0 Å². The lowest BCUT2D eigenvalue weighted by atomic mass is 9.81. The Morgan fingerprint density at radius 3 is 2.81 bits per heavy atom. The van der Waals surface area contributed by atoms with Gasteiger partial charge in [0.1, 0.15) is 5.82 Å². The van der Waals surface area contributed by atoms with Gasteiger partial charge in [0.15, 0.2) is 0 Å². The molecule has 0 unspecified atom stereocenters. The van der Waals surface area contributed by atoms with Gasteiger partial charge in [-0.3, -0.25) is 0 Å². The number of fused-ring (bicyclic) bond motifs is 1. The molecule has 3 heteroatoms. The fourth-order valence-corrected chi connectivity index (χ4v) is 2.86. The molecule has 0 bridgehead atoms. The van der Waals surface area contributed by atoms with Crippen molar-refractivity contribution in [2.24, 2.45) is 5.92 Å². The van der Waals surface area contributed by atoms with Gasteiger partial charge in [0, 0.05) is 6.04 Å². The van der Waals surface area contributed by atoms with Crippen molar-refractivity contribution < 1.29 is 0 Å². The lowest BCUT2D eigenvalue weighted by Gasteiger charge is -2.35. The van der Waals surface area contributed by atoms with Crippen LogP contribution in [0.4, 0.5) is 0 Å². The molecule has 1 fully saturated rings. The van der Waals surface area contributed by atoms with Crippen molar-refractivity contribution >= 4 is 22.6 Å². The van der Waals surface area contributed by atoms with Crippen LogP contribution < -0.4 is 0 Å². The molecule has 1 aromatic carbocycles. The van der Waals surface area contributed by atoms with Gasteiger partial charge in [-0.25, -0.2) is 4.98 Å². The molecule has 16 heavy (non-hydrogen) atoms. The predicted octanol–water partition coefficient (Wildman–Crippen LogP) is 3.75. The van der Waals surface area contributed by atoms with Crippen LogP contribution >= 0.6 is 11.6 Å². The Bertz CT molecular complexity index is 512. The Morgan fingerprint density at radius 2 is 2.12 bits per heavy atom. The maximum Gasteiger partial charge on any atom is 0.125 e. The summed E-state index contributed by atoms with van der Waals surface area (Å²) < 4.78 is 2.34. The predicted molar refractivity (Wildman–Crippen MR) is 66.7 cm³/mol. The van der Waals surface area contributed by atoms with Crippen LogP contribution in [0.1, 0.15) is 31.6 Å². The molecule has 2 nitrogen and oxygen atoms in total. The van der Waals surface area contributed by atoms with Crippen molar-refractivity contribution in [3.63, 3.8) is 0 Å². The van der Waals surface area contributed by atoms with Gasteiger partial charge in [-0.2, -0.15) is 0 Å². The fourth-order valence-electron chi connectivity index (χ4n) is 2.67. The van der Waals surface area contributed by atoms with Crippen LogP contribution in [0.2, 0.25) is 0 Å². The number of aromatic nitrogens is 2. The zero-order valence-corrected chi connectivity index (χ0v) is 10.1. The lowest BCUT2D eigenvalue weighted by molar-refractivity contribution is 0.217. The third-order valence-corrected chi connectivity index (χ3v) is 3.74. The molecule has 0 saturated heterocycles. The van der Waals surface area contributed by atoms with Gasteiger partial charge in [0.25, 0.3) is 0 Å². The topological polar surface area (TPSA) is 17.8 Å². The van der Waals surface area contributed by atoms with Gasteiger partial charge in [0.05, 0.1) is 16.9 Å². The molecule has 1 heterocycles. The molecule has 0 aliphatic heterocycles. The summed E-state index contributed by atoms with van der Waals surface area (Å²) in [5.41, 5.74) is 2.30. The number of para-hydroxylation sites is 2. The first-order valence-electron chi connectivity index (χ1n) is 5.81. The molecule has 0 spiro atoms. The summed E-state index contributed by atoms with van der Waals surface area (Å²) in [6, 6.07) is 8.91. The van der Waals surface area contributed by atoms with Gasteiger partial charge in [0.2, 0.25) is 0 Å². The second-order valence-corrected chi connectivity index (χ2v) is 5.02. The normalized spacial score (nSPS) is 24.6. The van der Waals surface area contributed by atoms with Crippen molar-refractivity contribution in [1.82, 2.24) is 9.55 Å². The molecular formula is C13H15ClN2. The first-order valence-corrected chi connectivity index (χ1v) is 6.35. The van der Waals surface area contributed by atoms with E-state index in [0.29, 0.717) is 11.9 Å². The van der Waals surface area contributed by atoms with Gasteiger partial charge in [-0.05, 0) is 30.9 Å². The Labute approximate surface area is 100 Å². The zero-order chi connectivity index (χ0) is 11.1. The van der Waals surface area contributed by atoms with E-state index in [1.165, 1.54) is 18.4 Å². The zero-order valence-electron chi connectivity index (χ0n) is 9.36. The van der Waals surface area contributed by atoms with E-state index in [0.717, 1.165) is 17.3 Å². The molecular weight excluding hydrogens is 220 g/mol. The molecule has 1 saturated carbocycles. The highest BCUT2D eigenvalue weighted by Crippen LogP contribution is 2.40. The van der Waals surface area contributed by atoms with Crippen molar-refractivity contribution in [2.45, 2.75) is 31.7 Å². The molecule has 1 aromatic heterocycles. The molecule has 0 atom stereocenters. The molecule has 84 valence electrons. The van der Waals surface area contributed by atoms with Crippen LogP contribution in [0, 0.1) is 5.92 Å². The molecule has 1 aliphatic carbocycles. The second kappa shape index (κ2) is 3.77. The summed E-state index contributed by atoms with van der Waals surface area (Å²) in [5, 5.41) is 0. The number of alkyl halides is 1. The standard InChI is InChI=1S/C13H15ClN2/c1-9-6-10(7-9)16-12-5-3-2-4-11(12)15-13(16)8-14/h2-5,9-10H,6-8H2,1H3. The summed E-state index contributed by atoms with van der Waals surface area (Å²) in [6.45, 7) is 2.30. The Kier molecular flexibility index (Phi) is 2.40. The number of halogens is 1. The van der Waals surface area contributed by atoms with Crippen molar-refractivity contribution in [2.75, 3.05) is 0 Å². The number of imidazole rings is 1. The van der Waals surface area contributed by atoms with Gasteiger partial charge < -0.3 is 4.57 Å². The first kappa shape index (κ1) is 10.2. The van der Waals surface area contributed by atoms with Crippen LogP contribution in [-0.2, 0) is 5.88 Å². The van der Waals surface area contributed by atoms with E-state index in [2.05, 4.69) is 34.7 Å². The van der Waals surface area contributed by atoms with Crippen LogP contribution in [0.25, 0.3) is 11.0 Å². The minimum atomic E-state index is 0.500. The minimum absolute atomic E-state index is 0.500. The second-order valence-electron chi connectivity index (χ2n) is 4.75. The molecule has 1 aliphatic rings. The van der Waals surface area contributed by atoms with Crippen LogP contribution in [0.3, 0.4) is 0 Å². The first-order chi connectivity index (χ1) is 7.79. The minimum Gasteiger partial charge on any atom is -0.324 e. The average Bonchev–Trinajstić information content (AvgIpc) is 2.63. The third kappa shape index (κ3) is 1.44. The van der Waals surface area contributed by atoms with Crippen LogP contribution in [0.15, 0.2) is 24.3 Å². The third-order valence-electron chi connectivity index (χ3n) is 3.50. The van der Waals surface area contributed by atoms with Crippen LogP contribution in [-0.4, -0.2) is 9.55 Å². The summed E-state index contributed by atoms with van der Waals surface area (Å²) in [5.74, 6) is 2.36. The molecule has 2 aromatic rings. The highest BCUT2D eigenvalue weighted by molar-refractivity contribution is 6.16. The molecule has 0 radical (unpaired) electrons. The summed E-state index contributed by atoms with van der Waals surface area (Å²) >= 11 is 5.98. The average molecular weight is 235 g/mol.